The molecule has 128 valence electrons. The minimum Gasteiger partial charge on any atom is -0.459 e. The summed E-state index contributed by atoms with van der Waals surface area (Å²) in [5.41, 5.74) is 0.443. The molecule has 0 aliphatic carbocycles. The fourth-order valence-electron chi connectivity index (χ4n) is 2.09. The number of carbonyl (C=O) groups is 1. The van der Waals surface area contributed by atoms with Crippen molar-refractivity contribution in [2.24, 2.45) is 0 Å². The lowest BCUT2D eigenvalue weighted by Gasteiger charge is -2.07. The minimum atomic E-state index is -0.275. The van der Waals surface area contributed by atoms with Crippen LogP contribution in [0.2, 0.25) is 5.02 Å². The van der Waals surface area contributed by atoms with E-state index in [0.29, 0.717) is 28.0 Å². The van der Waals surface area contributed by atoms with Crippen LogP contribution in [0.4, 0.5) is 5.69 Å². The van der Waals surface area contributed by atoms with Crippen molar-refractivity contribution in [3.8, 4) is 23.1 Å². The molecule has 1 aliphatic rings. The van der Waals surface area contributed by atoms with E-state index in [4.69, 9.17) is 29.9 Å². The number of thioether (sulfide) groups is 1. The molecular weight excluding hydrogens is 370 g/mol. The van der Waals surface area contributed by atoms with E-state index in [-0.39, 0.29) is 29.6 Å². The van der Waals surface area contributed by atoms with Crippen LogP contribution >= 0.6 is 23.4 Å². The summed E-state index contributed by atoms with van der Waals surface area (Å²) in [5.74, 6) is 1.61. The van der Waals surface area contributed by atoms with Gasteiger partial charge in [0.25, 0.3) is 11.1 Å². The second-order valence-corrected chi connectivity index (χ2v) is 6.21. The molecule has 3 heterocycles. The zero-order valence-electron chi connectivity index (χ0n) is 12.5. The molecule has 3 aromatic rings. The Morgan fingerprint density at radius 1 is 1.28 bits per heavy atom. The number of amides is 1. The highest BCUT2D eigenvalue weighted by atomic mass is 35.5. The maximum absolute atomic E-state index is 12.1. The number of rotatable bonds is 5. The summed E-state index contributed by atoms with van der Waals surface area (Å²) in [6.45, 7) is 0.133. The summed E-state index contributed by atoms with van der Waals surface area (Å²) < 4.78 is 21.1. The Hall–Kier alpha value is -2.65. The summed E-state index contributed by atoms with van der Waals surface area (Å²) in [5, 5.41) is 11.1. The molecule has 0 saturated heterocycles. The van der Waals surface area contributed by atoms with Gasteiger partial charge in [0.15, 0.2) is 17.3 Å². The number of anilines is 1. The van der Waals surface area contributed by atoms with Gasteiger partial charge >= 0.3 is 0 Å². The third-order valence-electron chi connectivity index (χ3n) is 3.20. The maximum atomic E-state index is 12.1. The average Bonchev–Trinajstić information content (AvgIpc) is 3.34. The summed E-state index contributed by atoms with van der Waals surface area (Å²) in [6.07, 6.45) is 1.51. The first-order valence-corrected chi connectivity index (χ1v) is 8.44. The Kier molecular flexibility index (Phi) is 4.24. The Bertz CT molecular complexity index is 912. The van der Waals surface area contributed by atoms with Crippen LogP contribution in [0, 0.1) is 0 Å². The maximum Gasteiger partial charge on any atom is 0.284 e. The van der Waals surface area contributed by atoms with E-state index in [1.54, 1.807) is 24.3 Å². The van der Waals surface area contributed by atoms with Gasteiger partial charge in [-0.2, -0.15) is 0 Å². The molecule has 10 heteroatoms. The van der Waals surface area contributed by atoms with Gasteiger partial charge < -0.3 is 23.6 Å². The molecule has 25 heavy (non-hydrogen) atoms. The SMILES string of the molecule is O=C(CSc1nnc(-c2ccco2)o1)Nc1cc2c(cc1Cl)OCO2. The van der Waals surface area contributed by atoms with E-state index in [2.05, 4.69) is 15.5 Å². The van der Waals surface area contributed by atoms with E-state index in [1.807, 2.05) is 0 Å². The van der Waals surface area contributed by atoms with Crippen LogP contribution in [0.15, 0.2) is 44.6 Å². The van der Waals surface area contributed by atoms with E-state index in [0.717, 1.165) is 11.8 Å². The van der Waals surface area contributed by atoms with Gasteiger partial charge in [0.05, 0.1) is 22.7 Å². The number of nitrogens with zero attached hydrogens (tertiary/aromatic N) is 2. The number of hydrogen-bond donors (Lipinski definition) is 1. The van der Waals surface area contributed by atoms with Gasteiger partial charge in [-0.1, -0.05) is 23.4 Å². The summed E-state index contributed by atoms with van der Waals surface area (Å²) in [6, 6.07) is 6.64. The molecule has 2 aromatic heterocycles. The van der Waals surface area contributed by atoms with E-state index >= 15 is 0 Å². The molecule has 1 aliphatic heterocycles. The van der Waals surface area contributed by atoms with Crippen LogP contribution in [-0.4, -0.2) is 28.7 Å². The van der Waals surface area contributed by atoms with Crippen LogP contribution in [-0.2, 0) is 4.79 Å². The molecule has 0 fully saturated rings. The third-order valence-corrected chi connectivity index (χ3v) is 4.33. The van der Waals surface area contributed by atoms with E-state index in [1.165, 1.54) is 6.26 Å². The Morgan fingerprint density at radius 2 is 2.12 bits per heavy atom. The number of halogens is 1. The first-order valence-electron chi connectivity index (χ1n) is 7.08. The standard InChI is InChI=1S/C15H10ClN3O5S/c16-8-4-11-12(23-7-22-11)5-9(8)17-13(20)6-25-15-19-18-14(24-15)10-2-1-3-21-10/h1-5H,6-7H2,(H,17,20). The molecule has 0 atom stereocenters. The Labute approximate surface area is 150 Å². The number of ether oxygens (including phenoxy) is 2. The smallest absolute Gasteiger partial charge is 0.284 e. The van der Waals surface area contributed by atoms with Crippen LogP contribution in [0.25, 0.3) is 11.7 Å². The molecule has 0 bridgehead atoms. The fraction of sp³-hybridized carbons (Fsp3) is 0.133. The molecule has 0 saturated carbocycles. The number of aromatic nitrogens is 2. The highest BCUT2D eigenvalue weighted by Gasteiger charge is 2.18. The molecule has 1 amide bonds. The van der Waals surface area contributed by atoms with Crippen molar-refractivity contribution in [1.82, 2.24) is 10.2 Å². The predicted octanol–water partition coefficient (Wildman–Crippen LogP) is 3.44. The number of benzene rings is 1. The van der Waals surface area contributed by atoms with E-state index in [9.17, 15) is 4.79 Å². The summed E-state index contributed by atoms with van der Waals surface area (Å²) >= 11 is 7.23. The van der Waals surface area contributed by atoms with Crippen molar-refractivity contribution in [3.05, 3.63) is 35.6 Å². The molecule has 0 unspecified atom stereocenters. The van der Waals surface area contributed by atoms with Crippen molar-refractivity contribution in [3.63, 3.8) is 0 Å². The summed E-state index contributed by atoms with van der Waals surface area (Å²) in [4.78, 5) is 12.1. The molecule has 1 aromatic carbocycles. The molecule has 0 radical (unpaired) electrons. The number of fused-ring (bicyclic) bond motifs is 1. The van der Waals surface area contributed by atoms with Gasteiger partial charge in [0.1, 0.15) is 0 Å². The first-order chi connectivity index (χ1) is 12.2. The van der Waals surface area contributed by atoms with Crippen LogP contribution in [0.1, 0.15) is 0 Å². The minimum absolute atomic E-state index is 0.0740. The second kappa shape index (κ2) is 6.69. The zero-order chi connectivity index (χ0) is 17.2. The topological polar surface area (TPSA) is 99.6 Å². The molecule has 4 rings (SSSR count). The Balaban J connectivity index is 1.37. The third kappa shape index (κ3) is 3.42. The van der Waals surface area contributed by atoms with Gasteiger partial charge in [-0.15, -0.1) is 10.2 Å². The van der Waals surface area contributed by atoms with Crippen LogP contribution < -0.4 is 14.8 Å². The lowest BCUT2D eigenvalue weighted by molar-refractivity contribution is -0.113. The van der Waals surface area contributed by atoms with Crippen molar-refractivity contribution in [2.45, 2.75) is 5.22 Å². The van der Waals surface area contributed by atoms with E-state index < -0.39 is 0 Å². The Morgan fingerprint density at radius 3 is 2.92 bits per heavy atom. The summed E-state index contributed by atoms with van der Waals surface area (Å²) in [7, 11) is 0. The second-order valence-electron chi connectivity index (χ2n) is 4.87. The zero-order valence-corrected chi connectivity index (χ0v) is 14.1. The number of furan rings is 1. The van der Waals surface area contributed by atoms with Crippen molar-refractivity contribution in [1.29, 1.82) is 0 Å². The van der Waals surface area contributed by atoms with Gasteiger partial charge in [-0.05, 0) is 12.1 Å². The van der Waals surface area contributed by atoms with Crippen molar-refractivity contribution >= 4 is 35.0 Å². The van der Waals surface area contributed by atoms with Gasteiger partial charge in [0, 0.05) is 12.1 Å². The molecule has 0 spiro atoms. The molecular formula is C15H10ClN3O5S. The average molecular weight is 380 g/mol. The number of hydrogen-bond acceptors (Lipinski definition) is 8. The monoisotopic (exact) mass is 379 g/mol. The highest BCUT2D eigenvalue weighted by molar-refractivity contribution is 7.99. The fourth-order valence-corrected chi connectivity index (χ4v) is 2.86. The lowest BCUT2D eigenvalue weighted by Crippen LogP contribution is -2.14. The van der Waals surface area contributed by atoms with Gasteiger partial charge in [-0.3, -0.25) is 4.79 Å². The van der Waals surface area contributed by atoms with Crippen LogP contribution in [0.3, 0.4) is 0 Å². The first kappa shape index (κ1) is 15.9. The van der Waals surface area contributed by atoms with Gasteiger partial charge in [-0.25, -0.2) is 0 Å². The van der Waals surface area contributed by atoms with Crippen molar-refractivity contribution in [2.75, 3.05) is 17.9 Å². The normalized spacial score (nSPS) is 12.4. The quantitative estimate of drug-likeness (QED) is 0.673. The van der Waals surface area contributed by atoms with Gasteiger partial charge in [0.2, 0.25) is 12.7 Å². The number of nitrogens with one attached hydrogen (secondary N) is 1. The largest absolute Gasteiger partial charge is 0.459 e. The predicted molar refractivity (Wildman–Crippen MR) is 88.9 cm³/mol. The lowest BCUT2D eigenvalue weighted by atomic mass is 10.2. The van der Waals surface area contributed by atoms with Crippen LogP contribution in [0.5, 0.6) is 11.5 Å². The van der Waals surface area contributed by atoms with Crippen molar-refractivity contribution < 1.29 is 23.1 Å². The number of carbonyl (C=O) groups excluding carboxylic acids is 1. The molecule has 1 N–H and O–H groups in total. The highest BCUT2D eigenvalue weighted by Crippen LogP contribution is 2.39. The molecule has 8 nitrogen and oxygen atoms in total.